The summed E-state index contributed by atoms with van der Waals surface area (Å²) in [4.78, 5) is 6.92. The van der Waals surface area contributed by atoms with Crippen molar-refractivity contribution in [3.05, 3.63) is 23.0 Å². The molecule has 170 valence electrons. The topological polar surface area (TPSA) is 92.8 Å². The van der Waals surface area contributed by atoms with Gasteiger partial charge in [0.2, 0.25) is 0 Å². The molecule has 6 rings (SSSR count). The van der Waals surface area contributed by atoms with Gasteiger partial charge in [0, 0.05) is 24.7 Å². The van der Waals surface area contributed by atoms with Crippen molar-refractivity contribution in [2.45, 2.75) is 63.4 Å². The molecule has 5 heterocycles. The van der Waals surface area contributed by atoms with Gasteiger partial charge in [-0.25, -0.2) is 4.98 Å². The second-order valence-corrected chi connectivity index (χ2v) is 10.2. The van der Waals surface area contributed by atoms with Crippen LogP contribution in [0, 0.1) is 23.2 Å². The van der Waals surface area contributed by atoms with Crippen LogP contribution in [-0.4, -0.2) is 58.5 Å². The van der Waals surface area contributed by atoms with E-state index >= 15 is 0 Å². The number of anilines is 1. The fraction of sp³-hybridized carbons (Fsp3) is 0.652. The number of aromatic nitrogens is 2. The summed E-state index contributed by atoms with van der Waals surface area (Å²) in [5.74, 6) is 0.605. The van der Waals surface area contributed by atoms with Crippen LogP contribution in [0.15, 0.2) is 12.3 Å². The monoisotopic (exact) mass is 458 g/mol. The van der Waals surface area contributed by atoms with E-state index in [1.807, 2.05) is 30.7 Å². The highest BCUT2D eigenvalue weighted by Gasteiger charge is 2.56. The average Bonchev–Trinajstić information content (AvgIpc) is 3.52. The number of fused-ring (bicyclic) bond motifs is 3. The molecule has 6 atom stereocenters. The maximum absolute atomic E-state index is 9.89. The number of aliphatic hydroxyl groups excluding tert-OH is 1. The number of aliphatic hydroxyl groups is 1. The van der Waals surface area contributed by atoms with E-state index in [9.17, 15) is 10.4 Å². The van der Waals surface area contributed by atoms with Crippen LogP contribution < -0.4 is 4.90 Å². The van der Waals surface area contributed by atoms with Crippen molar-refractivity contribution in [3.63, 3.8) is 0 Å². The molecule has 9 heteroatoms. The fourth-order valence-corrected chi connectivity index (χ4v) is 6.42. The Hall–Kier alpha value is -1.89. The first-order chi connectivity index (χ1) is 15.4. The number of halogens is 1. The zero-order chi connectivity index (χ0) is 22.2. The number of nitrogens with zero attached hydrogens (tertiary/aromatic N) is 4. The van der Waals surface area contributed by atoms with Crippen molar-refractivity contribution >= 4 is 28.3 Å². The Morgan fingerprint density at radius 3 is 2.66 bits per heavy atom. The highest BCUT2D eigenvalue weighted by atomic mass is 35.5. The van der Waals surface area contributed by atoms with Gasteiger partial charge < -0.3 is 28.8 Å². The Balaban J connectivity index is 1.44. The molecule has 1 N–H and O–H groups in total. The molecule has 0 aromatic carbocycles. The van der Waals surface area contributed by atoms with Crippen molar-refractivity contribution in [1.29, 1.82) is 5.26 Å². The summed E-state index contributed by atoms with van der Waals surface area (Å²) in [5, 5.41) is 20.8. The number of hydrogen-bond acceptors (Lipinski definition) is 7. The van der Waals surface area contributed by atoms with Gasteiger partial charge in [-0.05, 0) is 44.6 Å². The van der Waals surface area contributed by atoms with Crippen LogP contribution in [0.25, 0.3) is 11.0 Å². The van der Waals surface area contributed by atoms with E-state index in [-0.39, 0.29) is 24.0 Å². The average molecular weight is 459 g/mol. The van der Waals surface area contributed by atoms with Crippen LogP contribution in [0.3, 0.4) is 0 Å². The molecule has 4 fully saturated rings. The van der Waals surface area contributed by atoms with Crippen LogP contribution in [-0.2, 0) is 14.2 Å². The standard InChI is InChI=1S/C23H27ClN4O4/c1-23(2)31-18-16(11-29)30-22(19(18)32-23)28-7-6-14-17(15(8-25)20(24)26-21(14)28)27-9-12-4-3-5-13(12)10-27/h6-7,12-13,16,18-19,22,29H,3-5,9-11H2,1-2H3/t12?,13?,16-,18-,19-,22-/m1/s1. The second-order valence-electron chi connectivity index (χ2n) is 9.87. The lowest BCUT2D eigenvalue weighted by atomic mass is 10.0. The molecular weight excluding hydrogens is 432 g/mol. The van der Waals surface area contributed by atoms with Crippen molar-refractivity contribution < 1.29 is 19.3 Å². The van der Waals surface area contributed by atoms with Gasteiger partial charge >= 0.3 is 0 Å². The first kappa shape index (κ1) is 20.7. The zero-order valence-corrected chi connectivity index (χ0v) is 19.0. The van der Waals surface area contributed by atoms with Crippen molar-refractivity contribution in [3.8, 4) is 6.07 Å². The summed E-state index contributed by atoms with van der Waals surface area (Å²) in [5.41, 5.74) is 1.95. The highest BCUT2D eigenvalue weighted by molar-refractivity contribution is 6.31. The number of rotatable bonds is 3. The summed E-state index contributed by atoms with van der Waals surface area (Å²) in [7, 11) is 0. The molecular formula is C23H27ClN4O4. The molecule has 8 nitrogen and oxygen atoms in total. The van der Waals surface area contributed by atoms with Gasteiger partial charge in [-0.1, -0.05) is 18.0 Å². The summed E-state index contributed by atoms with van der Waals surface area (Å²) in [6.07, 6.45) is 3.94. The lowest BCUT2D eigenvalue weighted by molar-refractivity contribution is -0.199. The molecule has 0 amide bonds. The van der Waals surface area contributed by atoms with E-state index in [0.717, 1.165) is 24.2 Å². The normalized spacial score (nSPS) is 35.4. The van der Waals surface area contributed by atoms with Gasteiger partial charge in [-0.3, -0.25) is 0 Å². The minimum Gasteiger partial charge on any atom is -0.394 e. The molecule has 0 spiro atoms. The Morgan fingerprint density at radius 2 is 1.97 bits per heavy atom. The zero-order valence-electron chi connectivity index (χ0n) is 18.2. The van der Waals surface area contributed by atoms with Crippen molar-refractivity contribution in [2.75, 3.05) is 24.6 Å². The van der Waals surface area contributed by atoms with Crippen molar-refractivity contribution in [1.82, 2.24) is 9.55 Å². The molecule has 3 saturated heterocycles. The van der Waals surface area contributed by atoms with Gasteiger partial charge in [-0.2, -0.15) is 5.26 Å². The van der Waals surface area contributed by atoms with E-state index in [2.05, 4.69) is 16.0 Å². The smallest absolute Gasteiger partial charge is 0.164 e. The van der Waals surface area contributed by atoms with Crippen LogP contribution in [0.5, 0.6) is 0 Å². The van der Waals surface area contributed by atoms with E-state index in [1.165, 1.54) is 19.3 Å². The Kier molecular flexibility index (Phi) is 4.73. The second kappa shape index (κ2) is 7.31. The van der Waals surface area contributed by atoms with Gasteiger partial charge in [0.25, 0.3) is 0 Å². The molecule has 32 heavy (non-hydrogen) atoms. The Morgan fingerprint density at radius 1 is 1.25 bits per heavy atom. The molecule has 2 aromatic rings. The highest BCUT2D eigenvalue weighted by Crippen LogP contribution is 2.46. The maximum Gasteiger partial charge on any atom is 0.164 e. The van der Waals surface area contributed by atoms with Gasteiger partial charge in [0.05, 0.1) is 12.3 Å². The third-order valence-electron chi connectivity index (χ3n) is 7.52. The summed E-state index contributed by atoms with van der Waals surface area (Å²) in [6.45, 7) is 5.46. The number of nitriles is 1. The quantitative estimate of drug-likeness (QED) is 0.706. The lowest BCUT2D eigenvalue weighted by Crippen LogP contribution is -2.31. The predicted molar refractivity (Wildman–Crippen MR) is 117 cm³/mol. The molecule has 2 aromatic heterocycles. The predicted octanol–water partition coefficient (Wildman–Crippen LogP) is 3.21. The summed E-state index contributed by atoms with van der Waals surface area (Å²) >= 11 is 6.55. The van der Waals surface area contributed by atoms with Crippen LogP contribution in [0.2, 0.25) is 5.15 Å². The van der Waals surface area contributed by atoms with E-state index in [1.54, 1.807) is 0 Å². The molecule has 3 aliphatic heterocycles. The molecule has 0 bridgehead atoms. The first-order valence-corrected chi connectivity index (χ1v) is 11.7. The number of pyridine rings is 1. The minimum absolute atomic E-state index is 0.162. The fourth-order valence-electron chi connectivity index (χ4n) is 6.20. The van der Waals surface area contributed by atoms with E-state index < -0.39 is 18.1 Å². The summed E-state index contributed by atoms with van der Waals surface area (Å²) < 4.78 is 20.2. The molecule has 1 saturated carbocycles. The SMILES string of the molecule is CC1(C)O[C@@H]2[C@H](O1)[C@@H](CO)O[C@H]2n1ccc2c(N3CC4CCCC4C3)c(C#N)c(Cl)nc21. The minimum atomic E-state index is -0.759. The number of hydrogen-bond donors (Lipinski definition) is 1. The van der Waals surface area contributed by atoms with Crippen LogP contribution in [0.4, 0.5) is 5.69 Å². The summed E-state index contributed by atoms with van der Waals surface area (Å²) in [6, 6.07) is 4.27. The molecule has 4 aliphatic rings. The van der Waals surface area contributed by atoms with E-state index in [0.29, 0.717) is 23.0 Å². The Bertz CT molecular complexity index is 1100. The van der Waals surface area contributed by atoms with Gasteiger partial charge in [0.15, 0.2) is 17.2 Å². The molecule has 0 radical (unpaired) electrons. The van der Waals surface area contributed by atoms with E-state index in [4.69, 9.17) is 25.8 Å². The van der Waals surface area contributed by atoms with Crippen LogP contribution >= 0.6 is 11.6 Å². The number of ether oxygens (including phenoxy) is 3. The van der Waals surface area contributed by atoms with Crippen LogP contribution in [0.1, 0.15) is 44.9 Å². The van der Waals surface area contributed by atoms with Crippen molar-refractivity contribution in [2.24, 2.45) is 11.8 Å². The third-order valence-corrected chi connectivity index (χ3v) is 7.80. The van der Waals surface area contributed by atoms with Gasteiger partial charge in [-0.15, -0.1) is 0 Å². The molecule has 1 aliphatic carbocycles. The first-order valence-electron chi connectivity index (χ1n) is 11.4. The molecule has 2 unspecified atom stereocenters. The maximum atomic E-state index is 9.89. The largest absolute Gasteiger partial charge is 0.394 e. The Labute approximate surface area is 191 Å². The lowest BCUT2D eigenvalue weighted by Gasteiger charge is -2.25. The third kappa shape index (κ3) is 2.99. The van der Waals surface area contributed by atoms with Gasteiger partial charge in [0.1, 0.15) is 35.6 Å².